The number of esters is 1. The zero-order valence-electron chi connectivity index (χ0n) is 17.0. The maximum atomic E-state index is 13.2. The number of hydrogen-bond acceptors (Lipinski definition) is 5. The molecule has 0 N–H and O–H groups in total. The van der Waals surface area contributed by atoms with Crippen molar-refractivity contribution in [2.45, 2.75) is 13.1 Å². The molecule has 0 bridgehead atoms. The fourth-order valence-corrected chi connectivity index (χ4v) is 3.41. The maximum Gasteiger partial charge on any atom is 0.416 e. The Morgan fingerprint density at radius 3 is 2.52 bits per heavy atom. The van der Waals surface area contributed by atoms with Crippen LogP contribution in [0.2, 0.25) is 5.02 Å². The van der Waals surface area contributed by atoms with Crippen molar-refractivity contribution in [1.29, 1.82) is 0 Å². The number of halogens is 4. The van der Waals surface area contributed by atoms with Gasteiger partial charge in [-0.3, -0.25) is 0 Å². The van der Waals surface area contributed by atoms with Gasteiger partial charge in [-0.15, -0.1) is 0 Å². The van der Waals surface area contributed by atoms with E-state index in [1.54, 1.807) is 6.92 Å². The quantitative estimate of drug-likeness (QED) is 0.354. The second-order valence-corrected chi connectivity index (χ2v) is 7.08. The van der Waals surface area contributed by atoms with Crippen molar-refractivity contribution >= 4 is 28.5 Å². The Bertz CT molecular complexity index is 1130. The number of fused-ring (bicyclic) bond motifs is 1. The van der Waals surface area contributed by atoms with Crippen LogP contribution in [0.1, 0.15) is 21.5 Å². The number of methoxy groups -OCH3 is 2. The van der Waals surface area contributed by atoms with Gasteiger partial charge in [0.05, 0.1) is 41.1 Å². The standard InChI is InChI=1S/C22H19ClF3NO4/c1-12-19(21(28)30-3)15-10-16(23)18(31-8-7-29-2)11-17(15)27-20(12)13-5-4-6-14(9-13)22(24,25)26/h4-6,9-11H,7-8H2,1-3H3. The molecule has 1 aromatic heterocycles. The third-order valence-electron chi connectivity index (χ3n) is 4.68. The van der Waals surface area contributed by atoms with E-state index in [2.05, 4.69) is 4.98 Å². The van der Waals surface area contributed by atoms with Crippen LogP contribution in [0.25, 0.3) is 22.2 Å². The summed E-state index contributed by atoms with van der Waals surface area (Å²) in [6.45, 7) is 2.17. The van der Waals surface area contributed by atoms with Crippen LogP contribution >= 0.6 is 11.6 Å². The highest BCUT2D eigenvalue weighted by Gasteiger charge is 2.31. The lowest BCUT2D eigenvalue weighted by Crippen LogP contribution is -2.09. The summed E-state index contributed by atoms with van der Waals surface area (Å²) >= 11 is 6.31. The summed E-state index contributed by atoms with van der Waals surface area (Å²) in [6.07, 6.45) is -4.51. The molecule has 5 nitrogen and oxygen atoms in total. The first-order valence-corrected chi connectivity index (χ1v) is 9.56. The fourth-order valence-electron chi connectivity index (χ4n) is 3.19. The second-order valence-electron chi connectivity index (χ2n) is 6.67. The van der Waals surface area contributed by atoms with E-state index in [1.807, 2.05) is 0 Å². The van der Waals surface area contributed by atoms with Crippen molar-refractivity contribution in [2.75, 3.05) is 27.4 Å². The van der Waals surface area contributed by atoms with Crippen molar-refractivity contribution in [3.8, 4) is 17.0 Å². The average molecular weight is 454 g/mol. The number of benzene rings is 2. The Morgan fingerprint density at radius 2 is 1.87 bits per heavy atom. The molecule has 0 spiro atoms. The molecule has 31 heavy (non-hydrogen) atoms. The van der Waals surface area contributed by atoms with E-state index >= 15 is 0 Å². The van der Waals surface area contributed by atoms with E-state index in [4.69, 9.17) is 25.8 Å². The minimum Gasteiger partial charge on any atom is -0.490 e. The van der Waals surface area contributed by atoms with Crippen LogP contribution < -0.4 is 4.74 Å². The van der Waals surface area contributed by atoms with Crippen LogP contribution in [0.4, 0.5) is 13.2 Å². The number of ether oxygens (including phenoxy) is 3. The van der Waals surface area contributed by atoms with Crippen molar-refractivity contribution in [3.05, 3.63) is 58.1 Å². The van der Waals surface area contributed by atoms with E-state index in [9.17, 15) is 18.0 Å². The second kappa shape index (κ2) is 9.11. The van der Waals surface area contributed by atoms with Gasteiger partial charge >= 0.3 is 12.1 Å². The predicted molar refractivity (Wildman–Crippen MR) is 111 cm³/mol. The molecule has 0 radical (unpaired) electrons. The van der Waals surface area contributed by atoms with E-state index in [1.165, 1.54) is 38.5 Å². The first kappa shape index (κ1) is 22.8. The Labute approximate surface area is 181 Å². The van der Waals surface area contributed by atoms with Crippen LogP contribution in [0.15, 0.2) is 36.4 Å². The van der Waals surface area contributed by atoms with Gasteiger partial charge in [0.2, 0.25) is 0 Å². The minimum atomic E-state index is -4.51. The van der Waals surface area contributed by atoms with Gasteiger partial charge in [-0.25, -0.2) is 9.78 Å². The largest absolute Gasteiger partial charge is 0.490 e. The Morgan fingerprint density at radius 1 is 1.13 bits per heavy atom. The lowest BCUT2D eigenvalue weighted by Gasteiger charge is -2.16. The molecule has 0 aliphatic heterocycles. The molecular formula is C22H19ClF3NO4. The number of rotatable bonds is 6. The monoisotopic (exact) mass is 453 g/mol. The highest BCUT2D eigenvalue weighted by atomic mass is 35.5. The number of alkyl halides is 3. The van der Waals surface area contributed by atoms with E-state index in [-0.39, 0.29) is 28.5 Å². The van der Waals surface area contributed by atoms with Crippen LogP contribution in [0, 0.1) is 6.92 Å². The zero-order chi connectivity index (χ0) is 22.8. The molecule has 0 aliphatic rings. The van der Waals surface area contributed by atoms with Crippen LogP contribution in [-0.2, 0) is 15.7 Å². The van der Waals surface area contributed by atoms with Gasteiger partial charge in [-0.2, -0.15) is 13.2 Å². The van der Waals surface area contributed by atoms with Crippen LogP contribution in [0.3, 0.4) is 0 Å². The SMILES string of the molecule is COCCOc1cc2nc(-c3cccc(C(F)(F)F)c3)c(C)c(C(=O)OC)c2cc1Cl. The molecule has 164 valence electrons. The number of carbonyl (C=O) groups excluding carboxylic acids is 1. The molecule has 2 aromatic carbocycles. The summed E-state index contributed by atoms with van der Waals surface area (Å²) in [4.78, 5) is 17.1. The lowest BCUT2D eigenvalue weighted by molar-refractivity contribution is -0.137. The molecule has 0 unspecified atom stereocenters. The van der Waals surface area contributed by atoms with Crippen LogP contribution in [0.5, 0.6) is 5.75 Å². The third kappa shape index (κ3) is 4.75. The molecule has 0 atom stereocenters. The fraction of sp³-hybridized carbons (Fsp3) is 0.273. The molecule has 3 rings (SSSR count). The maximum absolute atomic E-state index is 13.2. The number of pyridine rings is 1. The summed E-state index contributed by atoms with van der Waals surface area (Å²) in [7, 11) is 2.75. The number of nitrogens with zero attached hydrogens (tertiary/aromatic N) is 1. The Hall–Kier alpha value is -2.84. The van der Waals surface area contributed by atoms with Crippen molar-refractivity contribution in [1.82, 2.24) is 4.98 Å². The molecule has 0 saturated carbocycles. The van der Waals surface area contributed by atoms with Gasteiger partial charge in [-0.1, -0.05) is 23.7 Å². The van der Waals surface area contributed by atoms with E-state index in [0.29, 0.717) is 28.8 Å². The van der Waals surface area contributed by atoms with E-state index < -0.39 is 17.7 Å². The van der Waals surface area contributed by atoms with Gasteiger partial charge in [-0.05, 0) is 30.7 Å². The highest BCUT2D eigenvalue weighted by molar-refractivity contribution is 6.33. The normalized spacial score (nSPS) is 11.6. The van der Waals surface area contributed by atoms with Gasteiger partial charge in [0.1, 0.15) is 12.4 Å². The Balaban J connectivity index is 2.26. The molecule has 1 heterocycles. The van der Waals surface area contributed by atoms with Gasteiger partial charge in [0.15, 0.2) is 0 Å². The Kier molecular flexibility index (Phi) is 6.71. The summed E-state index contributed by atoms with van der Waals surface area (Å²) < 4.78 is 55.1. The summed E-state index contributed by atoms with van der Waals surface area (Å²) in [5, 5.41) is 0.658. The summed E-state index contributed by atoms with van der Waals surface area (Å²) in [6, 6.07) is 7.83. The lowest BCUT2D eigenvalue weighted by atomic mass is 9.96. The molecule has 3 aromatic rings. The molecular weight excluding hydrogens is 435 g/mol. The molecule has 0 amide bonds. The van der Waals surface area contributed by atoms with Crippen molar-refractivity contribution in [2.24, 2.45) is 0 Å². The van der Waals surface area contributed by atoms with Crippen molar-refractivity contribution in [3.63, 3.8) is 0 Å². The summed E-state index contributed by atoms with van der Waals surface area (Å²) in [5.74, 6) is -0.337. The van der Waals surface area contributed by atoms with Gasteiger partial charge in [0.25, 0.3) is 0 Å². The van der Waals surface area contributed by atoms with Gasteiger partial charge in [0, 0.05) is 24.1 Å². The smallest absolute Gasteiger partial charge is 0.416 e. The van der Waals surface area contributed by atoms with Crippen molar-refractivity contribution < 1.29 is 32.2 Å². The molecule has 0 saturated heterocycles. The number of hydrogen-bond donors (Lipinski definition) is 0. The topological polar surface area (TPSA) is 57.7 Å². The van der Waals surface area contributed by atoms with Crippen LogP contribution in [-0.4, -0.2) is 38.4 Å². The first-order valence-electron chi connectivity index (χ1n) is 9.19. The zero-order valence-corrected chi connectivity index (χ0v) is 17.7. The van der Waals surface area contributed by atoms with E-state index in [0.717, 1.165) is 12.1 Å². The summed E-state index contributed by atoms with van der Waals surface area (Å²) in [5.41, 5.74) is 0.509. The minimum absolute atomic E-state index is 0.172. The van der Waals surface area contributed by atoms with Gasteiger partial charge < -0.3 is 14.2 Å². The number of carbonyl (C=O) groups is 1. The third-order valence-corrected chi connectivity index (χ3v) is 4.98. The molecule has 9 heteroatoms. The molecule has 0 aliphatic carbocycles. The first-order chi connectivity index (χ1) is 14.7. The highest BCUT2D eigenvalue weighted by Crippen LogP contribution is 2.37. The number of aromatic nitrogens is 1. The predicted octanol–water partition coefficient (Wildman–Crippen LogP) is 5.69. The molecule has 0 fully saturated rings. The average Bonchev–Trinajstić information content (AvgIpc) is 2.73.